The zero-order chi connectivity index (χ0) is 16.7. The third kappa shape index (κ3) is 2.64. The SMILES string of the molecule is CC(=O)N1CC2(CCN(C3CCNCC3)CC2)c2cc(F)ccc21. The lowest BCUT2D eigenvalue weighted by Crippen LogP contribution is -2.51. The maximum atomic E-state index is 13.9. The predicted octanol–water partition coefficient (Wildman–Crippen LogP) is 2.28. The van der Waals surface area contributed by atoms with Crippen molar-refractivity contribution in [1.29, 1.82) is 0 Å². The topological polar surface area (TPSA) is 35.6 Å². The fourth-order valence-corrected chi connectivity index (χ4v) is 4.84. The number of nitrogens with zero attached hydrogens (tertiary/aromatic N) is 2. The van der Waals surface area contributed by atoms with E-state index >= 15 is 0 Å². The third-order valence-electron chi connectivity index (χ3n) is 6.24. The van der Waals surface area contributed by atoms with E-state index in [2.05, 4.69) is 10.2 Å². The summed E-state index contributed by atoms with van der Waals surface area (Å²) in [7, 11) is 0. The van der Waals surface area contributed by atoms with Crippen LogP contribution in [0.5, 0.6) is 0 Å². The minimum absolute atomic E-state index is 0.0560. The molecule has 0 aromatic heterocycles. The number of benzene rings is 1. The van der Waals surface area contributed by atoms with Gasteiger partial charge in [0.1, 0.15) is 5.82 Å². The molecule has 1 amide bonds. The summed E-state index contributed by atoms with van der Waals surface area (Å²) >= 11 is 0. The smallest absolute Gasteiger partial charge is 0.223 e. The second-order valence-electron chi connectivity index (χ2n) is 7.56. The van der Waals surface area contributed by atoms with Crippen molar-refractivity contribution in [1.82, 2.24) is 10.2 Å². The summed E-state index contributed by atoms with van der Waals surface area (Å²) in [6, 6.07) is 5.59. The highest BCUT2D eigenvalue weighted by atomic mass is 19.1. The van der Waals surface area contributed by atoms with Crippen LogP contribution in [0.3, 0.4) is 0 Å². The van der Waals surface area contributed by atoms with E-state index in [0.29, 0.717) is 12.6 Å². The Bertz CT molecular complexity index is 633. The van der Waals surface area contributed by atoms with E-state index in [9.17, 15) is 9.18 Å². The van der Waals surface area contributed by atoms with Gasteiger partial charge in [0, 0.05) is 30.6 Å². The van der Waals surface area contributed by atoms with Crippen molar-refractivity contribution in [3.8, 4) is 0 Å². The van der Waals surface area contributed by atoms with E-state index in [1.54, 1.807) is 19.1 Å². The number of halogens is 1. The monoisotopic (exact) mass is 331 g/mol. The lowest BCUT2D eigenvalue weighted by Gasteiger charge is -2.44. The highest BCUT2D eigenvalue weighted by molar-refractivity contribution is 5.94. The molecule has 2 fully saturated rings. The number of carbonyl (C=O) groups is 1. The summed E-state index contributed by atoms with van der Waals surface area (Å²) in [6.07, 6.45) is 4.46. The van der Waals surface area contributed by atoms with Gasteiger partial charge in [0.2, 0.25) is 5.91 Å². The maximum absolute atomic E-state index is 13.9. The number of amides is 1. The first kappa shape index (κ1) is 16.0. The van der Waals surface area contributed by atoms with Crippen molar-refractivity contribution < 1.29 is 9.18 Å². The predicted molar refractivity (Wildman–Crippen MR) is 92.8 cm³/mol. The van der Waals surface area contributed by atoms with Crippen LogP contribution < -0.4 is 10.2 Å². The van der Waals surface area contributed by atoms with Gasteiger partial charge in [0.25, 0.3) is 0 Å². The fourth-order valence-electron chi connectivity index (χ4n) is 4.84. The van der Waals surface area contributed by atoms with Gasteiger partial charge in [-0.15, -0.1) is 0 Å². The molecule has 5 heteroatoms. The number of likely N-dealkylation sites (tertiary alicyclic amines) is 1. The van der Waals surface area contributed by atoms with Crippen molar-refractivity contribution >= 4 is 11.6 Å². The number of piperidine rings is 2. The second-order valence-corrected chi connectivity index (χ2v) is 7.56. The molecule has 24 heavy (non-hydrogen) atoms. The van der Waals surface area contributed by atoms with Crippen molar-refractivity contribution in [2.24, 2.45) is 0 Å². The number of fused-ring (bicyclic) bond motifs is 2. The van der Waals surface area contributed by atoms with Crippen LogP contribution in [0.1, 0.15) is 38.2 Å². The van der Waals surface area contributed by atoms with Crippen LogP contribution >= 0.6 is 0 Å². The maximum Gasteiger partial charge on any atom is 0.223 e. The number of rotatable bonds is 1. The van der Waals surface area contributed by atoms with Crippen molar-refractivity contribution in [3.05, 3.63) is 29.6 Å². The van der Waals surface area contributed by atoms with Crippen molar-refractivity contribution in [3.63, 3.8) is 0 Å². The van der Waals surface area contributed by atoms with Gasteiger partial charge in [0.05, 0.1) is 0 Å². The van der Waals surface area contributed by atoms with Crippen LogP contribution in [0.2, 0.25) is 0 Å². The Hall–Kier alpha value is -1.46. The van der Waals surface area contributed by atoms with E-state index in [1.165, 1.54) is 18.9 Å². The normalized spacial score (nSPS) is 24.3. The zero-order valence-electron chi connectivity index (χ0n) is 14.4. The quantitative estimate of drug-likeness (QED) is 0.857. The Morgan fingerprint density at radius 1 is 1.25 bits per heavy atom. The number of hydrogen-bond acceptors (Lipinski definition) is 3. The highest BCUT2D eigenvalue weighted by Crippen LogP contribution is 2.47. The van der Waals surface area contributed by atoms with Crippen molar-refractivity contribution in [2.75, 3.05) is 37.6 Å². The molecule has 0 aliphatic carbocycles. The Kier molecular flexibility index (Phi) is 4.09. The standard InChI is InChI=1S/C19H26FN3O/c1-14(24)23-13-19(17-12-15(20)2-3-18(17)23)6-10-22(11-7-19)16-4-8-21-9-5-16/h2-3,12,16,21H,4-11,13H2,1H3. The van der Waals surface area contributed by atoms with Gasteiger partial charge < -0.3 is 15.1 Å². The number of carbonyl (C=O) groups excluding carboxylic acids is 1. The Balaban J connectivity index is 1.56. The molecule has 130 valence electrons. The number of hydrogen-bond donors (Lipinski definition) is 1. The molecule has 1 N–H and O–H groups in total. The zero-order valence-corrected chi connectivity index (χ0v) is 14.4. The van der Waals surface area contributed by atoms with Gasteiger partial charge in [-0.1, -0.05) is 0 Å². The summed E-state index contributed by atoms with van der Waals surface area (Å²) < 4.78 is 13.9. The van der Waals surface area contributed by atoms with Crippen LogP contribution in [-0.2, 0) is 10.2 Å². The first-order valence-electron chi connectivity index (χ1n) is 9.12. The van der Waals surface area contributed by atoms with Gasteiger partial charge in [0.15, 0.2) is 0 Å². The van der Waals surface area contributed by atoms with Crippen LogP contribution in [0.25, 0.3) is 0 Å². The minimum Gasteiger partial charge on any atom is -0.317 e. The summed E-state index contributed by atoms with van der Waals surface area (Å²) in [6.45, 7) is 6.63. The summed E-state index contributed by atoms with van der Waals surface area (Å²) in [5.41, 5.74) is 1.90. The van der Waals surface area contributed by atoms with Gasteiger partial charge in [-0.3, -0.25) is 4.79 Å². The Labute approximate surface area is 143 Å². The second kappa shape index (κ2) is 6.12. The molecule has 1 aromatic carbocycles. The van der Waals surface area contributed by atoms with E-state index in [1.807, 2.05) is 4.90 Å². The minimum atomic E-state index is -0.195. The molecule has 0 saturated carbocycles. The highest BCUT2D eigenvalue weighted by Gasteiger charge is 2.46. The molecule has 1 spiro atoms. The molecule has 3 heterocycles. The van der Waals surface area contributed by atoms with Gasteiger partial charge in [-0.25, -0.2) is 4.39 Å². The molecule has 1 aromatic rings. The largest absolute Gasteiger partial charge is 0.317 e. The first-order chi connectivity index (χ1) is 11.6. The van der Waals surface area contributed by atoms with Crippen LogP contribution in [0.4, 0.5) is 10.1 Å². The lowest BCUT2D eigenvalue weighted by molar-refractivity contribution is -0.116. The molecule has 4 rings (SSSR count). The van der Waals surface area contributed by atoms with Crippen LogP contribution in [-0.4, -0.2) is 49.6 Å². The van der Waals surface area contributed by atoms with E-state index in [4.69, 9.17) is 0 Å². The molecule has 2 saturated heterocycles. The number of nitrogens with one attached hydrogen (secondary N) is 1. The molecule has 0 bridgehead atoms. The first-order valence-corrected chi connectivity index (χ1v) is 9.12. The molecule has 0 radical (unpaired) electrons. The van der Waals surface area contributed by atoms with Gasteiger partial charge in [-0.05, 0) is 75.6 Å². The van der Waals surface area contributed by atoms with E-state index < -0.39 is 0 Å². The Morgan fingerprint density at radius 2 is 1.96 bits per heavy atom. The molecular formula is C19H26FN3O. The lowest BCUT2D eigenvalue weighted by atomic mass is 9.74. The summed E-state index contributed by atoms with van der Waals surface area (Å²) in [5, 5.41) is 3.43. The average molecular weight is 331 g/mol. The number of anilines is 1. The van der Waals surface area contributed by atoms with E-state index in [-0.39, 0.29) is 17.1 Å². The fraction of sp³-hybridized carbons (Fsp3) is 0.632. The van der Waals surface area contributed by atoms with Crippen LogP contribution in [0.15, 0.2) is 18.2 Å². The third-order valence-corrected chi connectivity index (χ3v) is 6.24. The molecule has 0 atom stereocenters. The molecule has 3 aliphatic heterocycles. The van der Waals surface area contributed by atoms with Gasteiger partial charge in [-0.2, -0.15) is 0 Å². The summed E-state index contributed by atoms with van der Waals surface area (Å²) in [5.74, 6) is -0.139. The van der Waals surface area contributed by atoms with Crippen molar-refractivity contribution in [2.45, 2.75) is 44.1 Å². The van der Waals surface area contributed by atoms with Gasteiger partial charge >= 0.3 is 0 Å². The van der Waals surface area contributed by atoms with E-state index in [0.717, 1.165) is 50.3 Å². The summed E-state index contributed by atoms with van der Waals surface area (Å²) in [4.78, 5) is 16.5. The molecule has 0 unspecified atom stereocenters. The molecular weight excluding hydrogens is 305 g/mol. The molecule has 4 nitrogen and oxygen atoms in total. The van der Waals surface area contributed by atoms with Crippen LogP contribution in [0, 0.1) is 5.82 Å². The molecule has 3 aliphatic rings. The average Bonchev–Trinajstić information content (AvgIpc) is 2.91. The Morgan fingerprint density at radius 3 is 2.62 bits per heavy atom.